The molecule has 0 aliphatic heterocycles. The number of nitrogens with zero attached hydrogens (tertiary/aromatic N) is 2. The molecule has 0 unspecified atom stereocenters. The van der Waals surface area contributed by atoms with Crippen molar-refractivity contribution < 1.29 is 9.50 Å². The van der Waals surface area contributed by atoms with E-state index in [1.807, 2.05) is 0 Å². The lowest BCUT2D eigenvalue weighted by Crippen LogP contribution is -1.94. The van der Waals surface area contributed by atoms with Crippen LogP contribution in [0.15, 0.2) is 24.4 Å². The average molecular weight is 227 g/mol. The van der Waals surface area contributed by atoms with Crippen LogP contribution in [0, 0.1) is 5.82 Å². The highest BCUT2D eigenvalue weighted by Gasteiger charge is 2.11. The maximum absolute atomic E-state index is 13.0. The minimum Gasteiger partial charge on any atom is -0.507 e. The maximum atomic E-state index is 13.0. The third-order valence-electron chi connectivity index (χ3n) is 2.14. The molecule has 0 amide bonds. The van der Waals surface area contributed by atoms with Crippen LogP contribution in [0.3, 0.4) is 0 Å². The van der Waals surface area contributed by atoms with E-state index in [0.29, 0.717) is 11.3 Å². The van der Waals surface area contributed by atoms with Crippen molar-refractivity contribution in [3.05, 3.63) is 35.2 Å². The first kappa shape index (κ1) is 9.98. The molecule has 0 saturated carbocycles. The predicted octanol–water partition coefficient (Wildman–Crippen LogP) is 2.59. The van der Waals surface area contributed by atoms with E-state index < -0.39 is 5.82 Å². The number of hydrogen-bond donors (Lipinski definition) is 1. The summed E-state index contributed by atoms with van der Waals surface area (Å²) < 4.78 is 14.6. The van der Waals surface area contributed by atoms with Crippen LogP contribution in [0.1, 0.15) is 0 Å². The Labute approximate surface area is 90.7 Å². The van der Waals surface area contributed by atoms with Gasteiger partial charge in [0, 0.05) is 24.9 Å². The zero-order valence-corrected chi connectivity index (χ0v) is 8.66. The third kappa shape index (κ3) is 1.68. The van der Waals surface area contributed by atoms with E-state index in [-0.39, 0.29) is 10.8 Å². The molecule has 0 aliphatic rings. The van der Waals surface area contributed by atoms with Crippen LogP contribution in [0.4, 0.5) is 4.39 Å². The van der Waals surface area contributed by atoms with Gasteiger partial charge in [0.15, 0.2) is 0 Å². The molecule has 0 bridgehead atoms. The van der Waals surface area contributed by atoms with Crippen LogP contribution < -0.4 is 0 Å². The van der Waals surface area contributed by atoms with Gasteiger partial charge in [0.05, 0.1) is 10.7 Å². The first-order valence-corrected chi connectivity index (χ1v) is 4.64. The highest BCUT2D eigenvalue weighted by atomic mass is 35.5. The Bertz CT molecular complexity index is 510. The average Bonchev–Trinajstić information content (AvgIpc) is 2.58. The van der Waals surface area contributed by atoms with E-state index in [0.717, 1.165) is 6.07 Å². The van der Waals surface area contributed by atoms with E-state index in [2.05, 4.69) is 5.10 Å². The molecule has 1 N–H and O–H groups in total. The van der Waals surface area contributed by atoms with Crippen LogP contribution in [-0.4, -0.2) is 14.9 Å². The number of aromatic nitrogens is 2. The summed E-state index contributed by atoms with van der Waals surface area (Å²) in [5.41, 5.74) is 1.14. The summed E-state index contributed by atoms with van der Waals surface area (Å²) >= 11 is 5.64. The minimum atomic E-state index is -0.639. The molecule has 0 radical (unpaired) electrons. The van der Waals surface area contributed by atoms with Gasteiger partial charge < -0.3 is 5.11 Å². The molecule has 5 heteroatoms. The molecule has 1 aromatic heterocycles. The number of rotatable bonds is 1. The Morgan fingerprint density at radius 1 is 1.47 bits per heavy atom. The molecule has 2 rings (SSSR count). The second-order valence-electron chi connectivity index (χ2n) is 3.12. The van der Waals surface area contributed by atoms with E-state index in [1.54, 1.807) is 24.0 Å². The van der Waals surface area contributed by atoms with E-state index in [1.165, 1.54) is 6.07 Å². The summed E-state index contributed by atoms with van der Waals surface area (Å²) in [6.45, 7) is 0. The van der Waals surface area contributed by atoms with Crippen LogP contribution in [0.5, 0.6) is 5.75 Å². The Kier molecular flexibility index (Phi) is 2.36. The summed E-state index contributed by atoms with van der Waals surface area (Å²) in [5.74, 6) is -0.791. The largest absolute Gasteiger partial charge is 0.507 e. The molecule has 0 saturated heterocycles. The molecule has 3 nitrogen and oxygen atoms in total. The Morgan fingerprint density at radius 3 is 2.80 bits per heavy atom. The van der Waals surface area contributed by atoms with Crippen molar-refractivity contribution in [2.75, 3.05) is 0 Å². The number of aromatic hydroxyl groups is 1. The van der Waals surface area contributed by atoms with Crippen molar-refractivity contribution in [1.29, 1.82) is 0 Å². The van der Waals surface area contributed by atoms with Crippen molar-refractivity contribution in [2.24, 2.45) is 7.05 Å². The van der Waals surface area contributed by atoms with E-state index in [9.17, 15) is 9.50 Å². The van der Waals surface area contributed by atoms with Crippen LogP contribution in [-0.2, 0) is 7.05 Å². The number of aryl methyl sites for hydroxylation is 1. The quantitative estimate of drug-likeness (QED) is 0.812. The van der Waals surface area contributed by atoms with Gasteiger partial charge in [-0.25, -0.2) is 4.39 Å². The summed E-state index contributed by atoms with van der Waals surface area (Å²) in [7, 11) is 1.73. The van der Waals surface area contributed by atoms with E-state index in [4.69, 9.17) is 11.6 Å². The number of phenols is 1. The van der Waals surface area contributed by atoms with Crippen molar-refractivity contribution >= 4 is 11.6 Å². The molecule has 15 heavy (non-hydrogen) atoms. The fourth-order valence-corrected chi connectivity index (χ4v) is 1.54. The zero-order valence-electron chi connectivity index (χ0n) is 7.91. The van der Waals surface area contributed by atoms with E-state index >= 15 is 0 Å². The topological polar surface area (TPSA) is 38.0 Å². The van der Waals surface area contributed by atoms with Crippen LogP contribution >= 0.6 is 11.6 Å². The normalized spacial score (nSPS) is 10.6. The van der Waals surface area contributed by atoms with Crippen LogP contribution in [0.25, 0.3) is 11.3 Å². The second-order valence-corrected chi connectivity index (χ2v) is 3.53. The summed E-state index contributed by atoms with van der Waals surface area (Å²) in [4.78, 5) is 0. The maximum Gasteiger partial charge on any atom is 0.145 e. The van der Waals surface area contributed by atoms with Gasteiger partial charge in [-0.1, -0.05) is 11.6 Å². The van der Waals surface area contributed by atoms with Crippen LogP contribution in [0.2, 0.25) is 5.02 Å². The number of benzene rings is 1. The smallest absolute Gasteiger partial charge is 0.145 e. The molecular weight excluding hydrogens is 219 g/mol. The van der Waals surface area contributed by atoms with Crippen molar-refractivity contribution in [2.45, 2.75) is 0 Å². The van der Waals surface area contributed by atoms with Gasteiger partial charge in [-0.05, 0) is 12.1 Å². The van der Waals surface area contributed by atoms with Gasteiger partial charge in [0.25, 0.3) is 0 Å². The fraction of sp³-hybridized carbons (Fsp3) is 0.100. The molecule has 0 atom stereocenters. The van der Waals surface area contributed by atoms with Gasteiger partial charge >= 0.3 is 0 Å². The van der Waals surface area contributed by atoms with Crippen molar-refractivity contribution in [1.82, 2.24) is 9.78 Å². The lowest BCUT2D eigenvalue weighted by Gasteiger charge is -2.06. The summed E-state index contributed by atoms with van der Waals surface area (Å²) in [6.07, 6.45) is 1.59. The molecule has 0 fully saturated rings. The Balaban J connectivity index is 2.64. The molecular formula is C10H8ClFN2O. The van der Waals surface area contributed by atoms with Gasteiger partial charge in [0.2, 0.25) is 0 Å². The fourth-order valence-electron chi connectivity index (χ4n) is 1.38. The Morgan fingerprint density at radius 2 is 2.20 bits per heavy atom. The van der Waals surface area contributed by atoms with Gasteiger partial charge in [-0.2, -0.15) is 5.10 Å². The zero-order chi connectivity index (χ0) is 11.0. The lowest BCUT2D eigenvalue weighted by molar-refractivity contribution is 0.470. The predicted molar refractivity (Wildman–Crippen MR) is 55.3 cm³/mol. The first-order valence-electron chi connectivity index (χ1n) is 4.26. The molecule has 1 heterocycles. The van der Waals surface area contributed by atoms with Gasteiger partial charge in [-0.15, -0.1) is 0 Å². The third-order valence-corrected chi connectivity index (χ3v) is 2.43. The highest BCUT2D eigenvalue weighted by molar-refractivity contribution is 6.31. The standard InChI is InChI=1S/C10H8ClFN2O/c1-14-9(2-3-13-14)6-4-7(11)8(12)5-10(6)15/h2-5,15H,1H3. The van der Waals surface area contributed by atoms with Crippen molar-refractivity contribution in [3.8, 4) is 17.0 Å². The molecule has 0 aliphatic carbocycles. The van der Waals surface area contributed by atoms with Crippen molar-refractivity contribution in [3.63, 3.8) is 0 Å². The molecule has 1 aromatic carbocycles. The number of phenolic OH excluding ortho intramolecular Hbond substituents is 1. The Hall–Kier alpha value is -1.55. The lowest BCUT2D eigenvalue weighted by atomic mass is 10.1. The van der Waals surface area contributed by atoms with Gasteiger partial charge in [0.1, 0.15) is 11.6 Å². The molecule has 78 valence electrons. The monoisotopic (exact) mass is 226 g/mol. The molecule has 2 aromatic rings. The number of hydrogen-bond acceptors (Lipinski definition) is 2. The summed E-state index contributed by atoms with van der Waals surface area (Å²) in [6, 6.07) is 4.08. The second kappa shape index (κ2) is 3.55. The SMILES string of the molecule is Cn1nccc1-c1cc(Cl)c(F)cc1O. The first-order chi connectivity index (χ1) is 7.09. The highest BCUT2D eigenvalue weighted by Crippen LogP contribution is 2.32. The minimum absolute atomic E-state index is 0.0241. The summed E-state index contributed by atoms with van der Waals surface area (Å²) in [5, 5.41) is 13.5. The number of halogens is 2. The van der Waals surface area contributed by atoms with Gasteiger partial charge in [-0.3, -0.25) is 4.68 Å². The molecule has 0 spiro atoms.